The molecule has 0 bridgehead atoms. The molecule has 1 amide bonds. The molecule has 0 saturated carbocycles. The van der Waals surface area contributed by atoms with Gasteiger partial charge in [-0.05, 0) is 12.1 Å². The van der Waals surface area contributed by atoms with Gasteiger partial charge in [-0.1, -0.05) is 17.7 Å². The molecule has 0 aliphatic carbocycles. The van der Waals surface area contributed by atoms with Crippen LogP contribution in [0, 0.1) is 11.3 Å². The fourth-order valence-electron chi connectivity index (χ4n) is 0.882. The smallest absolute Gasteiger partial charge is 0.227 e. The van der Waals surface area contributed by atoms with Crippen LogP contribution in [0.25, 0.3) is 0 Å². The van der Waals surface area contributed by atoms with Gasteiger partial charge in [0.1, 0.15) is 6.07 Å². The summed E-state index contributed by atoms with van der Waals surface area (Å²) in [5.74, 6) is -0.270. The van der Waals surface area contributed by atoms with Crippen molar-refractivity contribution in [1.29, 1.82) is 5.26 Å². The minimum absolute atomic E-state index is 0.148. The molecule has 1 aromatic carbocycles. The highest BCUT2D eigenvalue weighted by Crippen LogP contribution is 2.27. The third kappa shape index (κ3) is 2.66. The average Bonchev–Trinajstić information content (AvgIpc) is 2.14. The van der Waals surface area contributed by atoms with Crippen molar-refractivity contribution in [3.05, 3.63) is 28.8 Å². The van der Waals surface area contributed by atoms with Gasteiger partial charge >= 0.3 is 0 Å². The third-order valence-electron chi connectivity index (χ3n) is 1.46. The van der Waals surface area contributed by atoms with Crippen LogP contribution in [-0.2, 0) is 4.79 Å². The molecule has 2 N–H and O–H groups in total. The maximum absolute atomic E-state index is 10.5. The Hall–Kier alpha value is -1.18. The van der Waals surface area contributed by atoms with Crippen molar-refractivity contribution in [3.8, 4) is 6.07 Å². The van der Waals surface area contributed by atoms with Crippen LogP contribution in [0.5, 0.6) is 0 Å². The van der Waals surface area contributed by atoms with Crippen LogP contribution in [0.3, 0.4) is 0 Å². The number of nitrogens with zero attached hydrogens (tertiary/aromatic N) is 1. The number of hydrogen-bond donors (Lipinski definition) is 1. The van der Waals surface area contributed by atoms with E-state index in [0.717, 1.165) is 0 Å². The molecule has 0 aromatic heterocycles. The first-order valence-electron chi connectivity index (χ1n) is 3.75. The molecule has 72 valence electrons. The predicted octanol–water partition coefficient (Wildman–Crippen LogP) is 1.79. The summed E-state index contributed by atoms with van der Waals surface area (Å²) in [6.07, 6.45) is 0. The molecule has 5 heteroatoms. The lowest BCUT2D eigenvalue weighted by Crippen LogP contribution is -2.13. The summed E-state index contributed by atoms with van der Waals surface area (Å²) >= 11 is 7.01. The molecule has 0 saturated heterocycles. The fourth-order valence-corrected chi connectivity index (χ4v) is 1.93. The molecule has 0 atom stereocenters. The molecule has 14 heavy (non-hydrogen) atoms. The van der Waals surface area contributed by atoms with Crippen LogP contribution < -0.4 is 5.73 Å². The molecule has 0 fully saturated rings. The summed E-state index contributed by atoms with van der Waals surface area (Å²) in [5.41, 5.74) is 5.38. The third-order valence-corrected chi connectivity index (χ3v) is 2.85. The predicted molar refractivity (Wildman–Crippen MR) is 56.1 cm³/mol. The van der Waals surface area contributed by atoms with E-state index in [0.29, 0.717) is 15.5 Å². The molecule has 3 nitrogen and oxygen atoms in total. The van der Waals surface area contributed by atoms with Crippen LogP contribution in [0.15, 0.2) is 23.1 Å². The normalized spacial score (nSPS) is 9.43. The molecule has 0 radical (unpaired) electrons. The summed E-state index contributed by atoms with van der Waals surface area (Å²) in [6, 6.07) is 7.08. The van der Waals surface area contributed by atoms with E-state index in [1.54, 1.807) is 18.2 Å². The van der Waals surface area contributed by atoms with Gasteiger partial charge in [-0.2, -0.15) is 5.26 Å². The Morgan fingerprint density at radius 2 is 2.36 bits per heavy atom. The number of hydrogen-bond acceptors (Lipinski definition) is 3. The molecule has 0 heterocycles. The lowest BCUT2D eigenvalue weighted by molar-refractivity contribution is -0.115. The van der Waals surface area contributed by atoms with E-state index >= 15 is 0 Å². The van der Waals surface area contributed by atoms with Gasteiger partial charge in [-0.25, -0.2) is 0 Å². The zero-order chi connectivity index (χ0) is 10.6. The average molecular weight is 227 g/mol. The maximum Gasteiger partial charge on any atom is 0.227 e. The summed E-state index contributed by atoms with van der Waals surface area (Å²) in [7, 11) is 0. The van der Waals surface area contributed by atoms with E-state index in [1.165, 1.54) is 11.8 Å². The second kappa shape index (κ2) is 4.89. The molecule has 0 aliphatic heterocycles. The standard InChI is InChI=1S/C9H7ClN2OS/c10-7-2-1-3-8(6(7)4-11)14-5-9(12)13/h1-3H,5H2,(H2,12,13). The highest BCUT2D eigenvalue weighted by molar-refractivity contribution is 8.00. The number of primary amides is 1. The molecule has 0 spiro atoms. The summed E-state index contributed by atoms with van der Waals surface area (Å²) in [5, 5.41) is 9.19. The van der Waals surface area contributed by atoms with E-state index < -0.39 is 5.91 Å². The molecule has 1 aromatic rings. The number of carbonyl (C=O) groups excluding carboxylic acids is 1. The van der Waals surface area contributed by atoms with Gasteiger partial charge in [0.05, 0.1) is 16.3 Å². The Balaban J connectivity index is 2.92. The van der Waals surface area contributed by atoms with Crippen LogP contribution >= 0.6 is 23.4 Å². The van der Waals surface area contributed by atoms with E-state index in [4.69, 9.17) is 22.6 Å². The van der Waals surface area contributed by atoms with E-state index in [2.05, 4.69) is 0 Å². The molecule has 1 rings (SSSR count). The number of rotatable bonds is 3. The van der Waals surface area contributed by atoms with Gasteiger partial charge in [0, 0.05) is 4.90 Å². The lowest BCUT2D eigenvalue weighted by atomic mass is 10.2. The Kier molecular flexibility index (Phi) is 3.81. The Morgan fingerprint density at radius 3 is 2.93 bits per heavy atom. The highest BCUT2D eigenvalue weighted by atomic mass is 35.5. The number of halogens is 1. The summed E-state index contributed by atoms with van der Waals surface area (Å²) in [4.78, 5) is 11.2. The maximum atomic E-state index is 10.5. The Morgan fingerprint density at radius 1 is 1.64 bits per heavy atom. The van der Waals surface area contributed by atoms with Crippen molar-refractivity contribution in [2.75, 3.05) is 5.75 Å². The molecule has 0 unspecified atom stereocenters. The first kappa shape index (κ1) is 10.9. The minimum atomic E-state index is -0.418. The summed E-state index contributed by atoms with van der Waals surface area (Å²) < 4.78 is 0. The number of nitriles is 1. The largest absolute Gasteiger partial charge is 0.369 e. The number of benzene rings is 1. The van der Waals surface area contributed by atoms with Gasteiger partial charge < -0.3 is 5.73 Å². The Labute approximate surface area is 90.8 Å². The monoisotopic (exact) mass is 226 g/mol. The van der Waals surface area contributed by atoms with Gasteiger partial charge in [0.2, 0.25) is 5.91 Å². The van der Waals surface area contributed by atoms with E-state index in [1.807, 2.05) is 6.07 Å². The van der Waals surface area contributed by atoms with E-state index in [9.17, 15) is 4.79 Å². The quantitative estimate of drug-likeness (QED) is 0.799. The van der Waals surface area contributed by atoms with Gasteiger partial charge in [0.15, 0.2) is 0 Å². The fraction of sp³-hybridized carbons (Fsp3) is 0.111. The van der Waals surface area contributed by atoms with Crippen LogP contribution in [0.2, 0.25) is 5.02 Å². The number of amides is 1. The minimum Gasteiger partial charge on any atom is -0.369 e. The van der Waals surface area contributed by atoms with Gasteiger partial charge in [-0.3, -0.25) is 4.79 Å². The van der Waals surface area contributed by atoms with Crippen LogP contribution in [0.4, 0.5) is 0 Å². The van der Waals surface area contributed by atoms with Gasteiger partial charge in [-0.15, -0.1) is 11.8 Å². The second-order valence-electron chi connectivity index (χ2n) is 2.48. The van der Waals surface area contributed by atoms with Crippen molar-refractivity contribution in [3.63, 3.8) is 0 Å². The first-order chi connectivity index (χ1) is 6.65. The highest BCUT2D eigenvalue weighted by Gasteiger charge is 2.07. The van der Waals surface area contributed by atoms with Crippen LogP contribution in [0.1, 0.15) is 5.56 Å². The van der Waals surface area contributed by atoms with E-state index in [-0.39, 0.29) is 5.75 Å². The molecule has 0 aliphatic rings. The van der Waals surface area contributed by atoms with Crippen molar-refractivity contribution >= 4 is 29.3 Å². The summed E-state index contributed by atoms with van der Waals surface area (Å²) in [6.45, 7) is 0. The van der Waals surface area contributed by atoms with Crippen molar-refractivity contribution < 1.29 is 4.79 Å². The second-order valence-corrected chi connectivity index (χ2v) is 3.90. The number of carbonyl (C=O) groups is 1. The van der Waals surface area contributed by atoms with Crippen molar-refractivity contribution in [2.45, 2.75) is 4.90 Å². The first-order valence-corrected chi connectivity index (χ1v) is 5.11. The number of nitrogens with two attached hydrogens (primary N) is 1. The lowest BCUT2D eigenvalue weighted by Gasteiger charge is -2.02. The molecular formula is C9H7ClN2OS. The van der Waals surface area contributed by atoms with Crippen molar-refractivity contribution in [2.24, 2.45) is 5.73 Å². The molecular weight excluding hydrogens is 220 g/mol. The van der Waals surface area contributed by atoms with Gasteiger partial charge in [0.25, 0.3) is 0 Å². The Bertz CT molecular complexity index is 400. The zero-order valence-electron chi connectivity index (χ0n) is 7.16. The van der Waals surface area contributed by atoms with Crippen molar-refractivity contribution in [1.82, 2.24) is 0 Å². The topological polar surface area (TPSA) is 66.9 Å². The van der Waals surface area contributed by atoms with Crippen LogP contribution in [-0.4, -0.2) is 11.7 Å². The number of thioether (sulfide) groups is 1. The zero-order valence-corrected chi connectivity index (χ0v) is 8.73. The SMILES string of the molecule is N#Cc1c(Cl)cccc1SCC(N)=O.